The topological polar surface area (TPSA) is 90.2 Å². The number of nitrogens with zero attached hydrogens (tertiary/aromatic N) is 4. The monoisotopic (exact) mass is 543 g/mol. The summed E-state index contributed by atoms with van der Waals surface area (Å²) in [4.78, 5) is 23.4. The Bertz CT molecular complexity index is 1260. The molecule has 0 aliphatic carbocycles. The molecule has 4 rings (SSSR count). The number of imidazole rings is 1. The van der Waals surface area contributed by atoms with Crippen molar-refractivity contribution in [3.63, 3.8) is 0 Å². The van der Waals surface area contributed by atoms with Crippen LogP contribution in [0.2, 0.25) is 0 Å². The van der Waals surface area contributed by atoms with Crippen molar-refractivity contribution >= 4 is 38.9 Å². The Hall–Kier alpha value is -3.27. The molecule has 0 radical (unpaired) electrons. The first-order chi connectivity index (χ1) is 16.7. The summed E-state index contributed by atoms with van der Waals surface area (Å²) in [6, 6.07) is 5.72. The van der Waals surface area contributed by atoms with Crippen molar-refractivity contribution in [1.29, 1.82) is 0 Å². The second-order valence-corrected chi connectivity index (χ2v) is 9.91. The first-order valence-electron chi connectivity index (χ1n) is 11.3. The van der Waals surface area contributed by atoms with E-state index in [1.165, 1.54) is 0 Å². The molecule has 1 aliphatic heterocycles. The summed E-state index contributed by atoms with van der Waals surface area (Å²) in [5.74, 6) is 2.99. The molecule has 0 unspecified atom stereocenters. The lowest BCUT2D eigenvalue weighted by atomic mass is 10.1. The second-order valence-electron chi connectivity index (χ2n) is 9.16. The highest BCUT2D eigenvalue weighted by Crippen LogP contribution is 2.31. The van der Waals surface area contributed by atoms with E-state index in [9.17, 15) is 4.79 Å². The maximum atomic E-state index is 12.4. The maximum Gasteiger partial charge on any atom is 0.410 e. The van der Waals surface area contributed by atoms with Crippen molar-refractivity contribution in [2.45, 2.75) is 39.3 Å². The number of carbonyl (C=O) groups excluding carboxylic acids is 1. The molecule has 3 heterocycles. The number of hydrogen-bond donors (Lipinski definition) is 1. The molecular weight excluding hydrogens is 514 g/mol. The number of aromatic nitrogens is 3. The smallest absolute Gasteiger partial charge is 0.410 e. The molecule has 1 N–H and O–H groups in total. The van der Waals surface area contributed by atoms with Gasteiger partial charge in [0.25, 0.3) is 0 Å². The van der Waals surface area contributed by atoms with Crippen molar-refractivity contribution in [2.24, 2.45) is 0 Å². The van der Waals surface area contributed by atoms with Gasteiger partial charge in [0.2, 0.25) is 0 Å². The van der Waals surface area contributed by atoms with Crippen LogP contribution in [0, 0.1) is 0 Å². The highest BCUT2D eigenvalue weighted by Gasteiger charge is 2.25. The Morgan fingerprint density at radius 3 is 2.69 bits per heavy atom. The second kappa shape index (κ2) is 10.2. The van der Waals surface area contributed by atoms with E-state index in [0.717, 1.165) is 34.0 Å². The molecule has 1 aliphatic rings. The zero-order valence-electron chi connectivity index (χ0n) is 20.6. The van der Waals surface area contributed by atoms with Crippen molar-refractivity contribution in [1.82, 2.24) is 19.3 Å². The van der Waals surface area contributed by atoms with E-state index in [1.807, 2.05) is 55.6 Å². The van der Waals surface area contributed by atoms with Crippen LogP contribution < -0.4 is 14.8 Å². The summed E-state index contributed by atoms with van der Waals surface area (Å²) in [5.41, 5.74) is 2.37. The molecule has 10 heteroatoms. The Morgan fingerprint density at radius 1 is 1.23 bits per heavy atom. The van der Waals surface area contributed by atoms with Crippen molar-refractivity contribution in [2.75, 3.05) is 32.6 Å². The summed E-state index contributed by atoms with van der Waals surface area (Å²) in [7, 11) is 3.27. The van der Waals surface area contributed by atoms with Gasteiger partial charge in [0, 0.05) is 43.7 Å². The predicted octanol–water partition coefficient (Wildman–Crippen LogP) is 5.15. The first kappa shape index (κ1) is 24.8. The van der Waals surface area contributed by atoms with Gasteiger partial charge in [0.15, 0.2) is 5.82 Å². The Kier molecular flexibility index (Phi) is 7.20. The molecular formula is C25H30BrN5O4. The number of nitrogens with one attached hydrogen (secondary N) is 1. The van der Waals surface area contributed by atoms with Gasteiger partial charge in [-0.3, -0.25) is 4.40 Å². The summed E-state index contributed by atoms with van der Waals surface area (Å²) in [5, 5.41) is 3.41. The predicted molar refractivity (Wildman–Crippen MR) is 138 cm³/mol. The van der Waals surface area contributed by atoms with E-state index < -0.39 is 5.60 Å². The maximum absolute atomic E-state index is 12.4. The van der Waals surface area contributed by atoms with Gasteiger partial charge in [-0.05, 0) is 60.8 Å². The third kappa shape index (κ3) is 5.53. The largest absolute Gasteiger partial charge is 0.497 e. The number of fused-ring (bicyclic) bond motifs is 1. The lowest BCUT2D eigenvalue weighted by Crippen LogP contribution is -2.39. The molecule has 1 aromatic carbocycles. The Labute approximate surface area is 213 Å². The highest BCUT2D eigenvalue weighted by molar-refractivity contribution is 9.10. The minimum Gasteiger partial charge on any atom is -0.497 e. The molecule has 9 nitrogen and oxygen atoms in total. The van der Waals surface area contributed by atoms with Gasteiger partial charge in [-0.15, -0.1) is 0 Å². The van der Waals surface area contributed by atoms with Gasteiger partial charge in [-0.2, -0.15) is 0 Å². The molecule has 0 atom stereocenters. The molecule has 0 bridgehead atoms. The number of halogens is 1. The third-order valence-corrected chi connectivity index (χ3v) is 6.15. The fraction of sp³-hybridized carbons (Fsp3) is 0.400. The number of anilines is 1. The Balaban J connectivity index is 1.55. The number of ether oxygens (including phenoxy) is 3. The average molecular weight is 544 g/mol. The van der Waals surface area contributed by atoms with Crippen LogP contribution in [0.3, 0.4) is 0 Å². The van der Waals surface area contributed by atoms with Gasteiger partial charge < -0.3 is 24.4 Å². The van der Waals surface area contributed by atoms with Gasteiger partial charge in [0.05, 0.1) is 14.2 Å². The zero-order chi connectivity index (χ0) is 25.2. The zero-order valence-corrected chi connectivity index (χ0v) is 22.2. The SMILES string of the molecule is COc1ccc(CNc2nccn3c(C4=CCN(C(=O)OC(C)(C)C)CC4)nc(Br)c23)c(OC)c1. The fourth-order valence-electron chi connectivity index (χ4n) is 3.89. The molecule has 0 saturated carbocycles. The van der Waals surface area contributed by atoms with E-state index in [0.29, 0.717) is 36.5 Å². The van der Waals surface area contributed by atoms with Crippen LogP contribution in [-0.4, -0.2) is 58.3 Å². The van der Waals surface area contributed by atoms with E-state index in [2.05, 4.69) is 26.2 Å². The van der Waals surface area contributed by atoms with Crippen molar-refractivity contribution in [3.8, 4) is 11.5 Å². The number of rotatable bonds is 6. The average Bonchev–Trinajstić information content (AvgIpc) is 3.18. The van der Waals surface area contributed by atoms with E-state index in [1.54, 1.807) is 25.3 Å². The molecule has 35 heavy (non-hydrogen) atoms. The van der Waals surface area contributed by atoms with Gasteiger partial charge in [-0.25, -0.2) is 14.8 Å². The lowest BCUT2D eigenvalue weighted by Gasteiger charge is -2.29. The van der Waals surface area contributed by atoms with Crippen LogP contribution in [-0.2, 0) is 11.3 Å². The molecule has 0 fully saturated rings. The van der Waals surface area contributed by atoms with Crippen molar-refractivity contribution in [3.05, 3.63) is 52.7 Å². The van der Waals surface area contributed by atoms with Crippen LogP contribution in [0.1, 0.15) is 38.6 Å². The number of methoxy groups -OCH3 is 2. The number of hydrogen-bond acceptors (Lipinski definition) is 7. The molecule has 2 aromatic heterocycles. The number of amides is 1. The van der Waals surface area contributed by atoms with Crippen LogP contribution in [0.4, 0.5) is 10.6 Å². The Morgan fingerprint density at radius 2 is 2.03 bits per heavy atom. The molecule has 3 aromatic rings. The van der Waals surface area contributed by atoms with Gasteiger partial charge in [-0.1, -0.05) is 6.08 Å². The third-order valence-electron chi connectivity index (χ3n) is 5.60. The van der Waals surface area contributed by atoms with Crippen LogP contribution in [0.25, 0.3) is 11.1 Å². The van der Waals surface area contributed by atoms with Gasteiger partial charge in [0.1, 0.15) is 33.0 Å². The summed E-state index contributed by atoms with van der Waals surface area (Å²) in [6.07, 6.45) is 6.05. The van der Waals surface area contributed by atoms with Crippen molar-refractivity contribution < 1.29 is 19.0 Å². The summed E-state index contributed by atoms with van der Waals surface area (Å²) in [6.45, 7) is 7.17. The van der Waals surface area contributed by atoms with E-state index in [4.69, 9.17) is 19.2 Å². The summed E-state index contributed by atoms with van der Waals surface area (Å²) >= 11 is 3.61. The van der Waals surface area contributed by atoms with Crippen LogP contribution in [0.15, 0.2) is 41.3 Å². The first-order valence-corrected chi connectivity index (χ1v) is 12.1. The van der Waals surface area contributed by atoms with E-state index in [-0.39, 0.29) is 6.09 Å². The fourth-order valence-corrected chi connectivity index (χ4v) is 4.44. The minimum absolute atomic E-state index is 0.299. The quantitative estimate of drug-likeness (QED) is 0.459. The normalized spacial score (nSPS) is 14.0. The number of carbonyl (C=O) groups is 1. The highest BCUT2D eigenvalue weighted by atomic mass is 79.9. The minimum atomic E-state index is -0.516. The standard InChI is InChI=1S/C25H30BrN5O4/c1-25(2,3)35-24(32)30-11-8-16(9-12-30)23-29-21(26)20-22(27-10-13-31(20)23)28-15-17-6-7-18(33-4)14-19(17)34-5/h6-8,10,13-14H,9,11-12,15H2,1-5H3,(H,27,28). The van der Waals surface area contributed by atoms with Crippen LogP contribution in [0.5, 0.6) is 11.5 Å². The van der Waals surface area contributed by atoms with E-state index >= 15 is 0 Å². The molecule has 1 amide bonds. The number of benzene rings is 1. The molecule has 0 saturated heterocycles. The summed E-state index contributed by atoms with van der Waals surface area (Å²) < 4.78 is 19.0. The lowest BCUT2D eigenvalue weighted by molar-refractivity contribution is 0.0270. The van der Waals surface area contributed by atoms with Gasteiger partial charge >= 0.3 is 6.09 Å². The van der Waals surface area contributed by atoms with Crippen LogP contribution >= 0.6 is 15.9 Å². The molecule has 186 valence electrons. The molecule has 0 spiro atoms.